The molecule has 1 saturated heterocycles. The highest BCUT2D eigenvalue weighted by Gasteiger charge is 2.18. The number of aliphatic imine (C=N–C) groups is 1. The fraction of sp³-hybridized carbons (Fsp3) is 0.778. The number of guanidine groups is 1. The lowest BCUT2D eigenvalue weighted by Crippen LogP contribution is -2.39. The molecule has 0 saturated carbocycles. The number of likely N-dealkylation sites (tertiary alicyclic amines) is 1. The van der Waals surface area contributed by atoms with Gasteiger partial charge in [0.25, 0.3) is 0 Å². The van der Waals surface area contributed by atoms with Crippen molar-refractivity contribution in [1.82, 2.24) is 20.1 Å². The molecule has 24 heavy (non-hydrogen) atoms. The van der Waals surface area contributed by atoms with E-state index in [1.165, 1.54) is 38.9 Å². The lowest BCUT2D eigenvalue weighted by Gasteiger charge is -2.31. The third-order valence-electron chi connectivity index (χ3n) is 4.51. The minimum Gasteiger partial charge on any atom is -0.357 e. The standard InChI is InChI=1S/C18H33N5S/c1-5-9-23-10-7-16(8-11-23)12-20-18(19-6-2)22(4)13-17-14-24-15(3)21-17/h14,16H,5-13H2,1-4H3,(H,19,20). The minimum absolute atomic E-state index is 0.724. The molecule has 0 radical (unpaired) electrons. The van der Waals surface area contributed by atoms with E-state index < -0.39 is 0 Å². The first-order valence-electron chi connectivity index (χ1n) is 9.25. The quantitative estimate of drug-likeness (QED) is 0.606. The second-order valence-electron chi connectivity index (χ2n) is 6.69. The molecule has 6 heteroatoms. The van der Waals surface area contributed by atoms with Crippen molar-refractivity contribution in [1.29, 1.82) is 0 Å². The summed E-state index contributed by atoms with van der Waals surface area (Å²) in [6.07, 6.45) is 3.81. The van der Waals surface area contributed by atoms with Gasteiger partial charge in [-0.3, -0.25) is 4.99 Å². The fourth-order valence-electron chi connectivity index (χ4n) is 3.19. The zero-order chi connectivity index (χ0) is 17.4. The Labute approximate surface area is 151 Å². The monoisotopic (exact) mass is 351 g/mol. The number of rotatable bonds is 7. The second kappa shape index (κ2) is 9.99. The highest BCUT2D eigenvalue weighted by molar-refractivity contribution is 7.09. The molecule has 2 heterocycles. The van der Waals surface area contributed by atoms with Gasteiger partial charge in [-0.25, -0.2) is 4.98 Å². The molecule has 0 aliphatic carbocycles. The van der Waals surface area contributed by atoms with E-state index >= 15 is 0 Å². The minimum atomic E-state index is 0.724. The van der Waals surface area contributed by atoms with Crippen LogP contribution in [0.15, 0.2) is 10.4 Å². The Morgan fingerprint density at radius 2 is 2.17 bits per heavy atom. The molecule has 5 nitrogen and oxygen atoms in total. The van der Waals surface area contributed by atoms with Gasteiger partial charge in [0.15, 0.2) is 5.96 Å². The highest BCUT2D eigenvalue weighted by atomic mass is 32.1. The molecule has 2 rings (SSSR count). The summed E-state index contributed by atoms with van der Waals surface area (Å²) in [6, 6.07) is 0. The van der Waals surface area contributed by atoms with Crippen LogP contribution in [0.1, 0.15) is 43.8 Å². The predicted octanol–water partition coefficient (Wildman–Crippen LogP) is 2.97. The average molecular weight is 352 g/mol. The summed E-state index contributed by atoms with van der Waals surface area (Å²) in [7, 11) is 2.10. The largest absolute Gasteiger partial charge is 0.357 e. The summed E-state index contributed by atoms with van der Waals surface area (Å²) < 4.78 is 0. The molecular formula is C18H33N5S. The Morgan fingerprint density at radius 1 is 1.42 bits per heavy atom. The second-order valence-corrected chi connectivity index (χ2v) is 7.76. The number of aryl methyl sites for hydroxylation is 1. The molecule has 1 aromatic rings. The van der Waals surface area contributed by atoms with Crippen LogP contribution in [0.2, 0.25) is 0 Å². The van der Waals surface area contributed by atoms with Gasteiger partial charge >= 0.3 is 0 Å². The number of nitrogens with one attached hydrogen (secondary N) is 1. The predicted molar refractivity (Wildman–Crippen MR) is 104 cm³/mol. The summed E-state index contributed by atoms with van der Waals surface area (Å²) in [5, 5.41) is 6.68. The molecule has 1 aliphatic heterocycles. The number of nitrogens with zero attached hydrogens (tertiary/aromatic N) is 4. The zero-order valence-corrected chi connectivity index (χ0v) is 16.5. The van der Waals surface area contributed by atoms with Gasteiger partial charge in [-0.15, -0.1) is 11.3 Å². The van der Waals surface area contributed by atoms with E-state index in [4.69, 9.17) is 4.99 Å². The van der Waals surface area contributed by atoms with Crippen LogP contribution in [-0.2, 0) is 6.54 Å². The van der Waals surface area contributed by atoms with Crippen molar-refractivity contribution in [2.75, 3.05) is 39.8 Å². The molecule has 1 fully saturated rings. The van der Waals surface area contributed by atoms with Crippen molar-refractivity contribution < 1.29 is 0 Å². The number of aromatic nitrogens is 1. The first kappa shape index (κ1) is 19.2. The van der Waals surface area contributed by atoms with Crippen LogP contribution in [0.4, 0.5) is 0 Å². The van der Waals surface area contributed by atoms with Gasteiger partial charge in [0.2, 0.25) is 0 Å². The van der Waals surface area contributed by atoms with Crippen molar-refractivity contribution in [3.63, 3.8) is 0 Å². The van der Waals surface area contributed by atoms with Gasteiger partial charge in [-0.05, 0) is 58.7 Å². The van der Waals surface area contributed by atoms with Crippen molar-refractivity contribution in [2.24, 2.45) is 10.9 Å². The molecule has 1 aromatic heterocycles. The first-order chi connectivity index (χ1) is 11.6. The van der Waals surface area contributed by atoms with Gasteiger partial charge in [0.1, 0.15) is 0 Å². The van der Waals surface area contributed by atoms with E-state index in [9.17, 15) is 0 Å². The third-order valence-corrected chi connectivity index (χ3v) is 5.33. The molecular weight excluding hydrogens is 318 g/mol. The van der Waals surface area contributed by atoms with E-state index in [2.05, 4.69) is 53.3 Å². The number of piperidine rings is 1. The van der Waals surface area contributed by atoms with E-state index in [0.29, 0.717) is 0 Å². The average Bonchev–Trinajstić information content (AvgIpc) is 2.98. The summed E-state index contributed by atoms with van der Waals surface area (Å²) in [6.45, 7) is 12.8. The third kappa shape index (κ3) is 6.06. The Hall–Kier alpha value is -1.14. The molecule has 0 atom stereocenters. The van der Waals surface area contributed by atoms with Crippen LogP contribution in [0.25, 0.3) is 0 Å². The maximum Gasteiger partial charge on any atom is 0.194 e. The lowest BCUT2D eigenvalue weighted by atomic mass is 9.97. The topological polar surface area (TPSA) is 43.8 Å². The van der Waals surface area contributed by atoms with Crippen LogP contribution >= 0.6 is 11.3 Å². The van der Waals surface area contributed by atoms with Gasteiger partial charge in [-0.2, -0.15) is 0 Å². The van der Waals surface area contributed by atoms with Gasteiger partial charge < -0.3 is 15.1 Å². The summed E-state index contributed by atoms with van der Waals surface area (Å²) >= 11 is 1.71. The van der Waals surface area contributed by atoms with Crippen LogP contribution in [0, 0.1) is 12.8 Å². The van der Waals surface area contributed by atoms with E-state index in [1.807, 2.05) is 0 Å². The van der Waals surface area contributed by atoms with Crippen molar-refractivity contribution in [3.05, 3.63) is 16.1 Å². The van der Waals surface area contributed by atoms with E-state index in [-0.39, 0.29) is 0 Å². The molecule has 0 amide bonds. The maximum absolute atomic E-state index is 4.90. The highest BCUT2D eigenvalue weighted by Crippen LogP contribution is 2.18. The number of hydrogen-bond donors (Lipinski definition) is 1. The normalized spacial score (nSPS) is 17.2. The molecule has 0 aromatic carbocycles. The van der Waals surface area contributed by atoms with Crippen molar-refractivity contribution in [2.45, 2.75) is 46.6 Å². The molecule has 136 valence electrons. The Bertz CT molecular complexity index is 505. The summed E-state index contributed by atoms with van der Waals surface area (Å²) in [5.41, 5.74) is 1.12. The van der Waals surface area contributed by atoms with Crippen LogP contribution in [0.5, 0.6) is 0 Å². The van der Waals surface area contributed by atoms with Crippen molar-refractivity contribution >= 4 is 17.3 Å². The van der Waals surface area contributed by atoms with Crippen molar-refractivity contribution in [3.8, 4) is 0 Å². The molecule has 0 unspecified atom stereocenters. The Morgan fingerprint density at radius 3 is 2.75 bits per heavy atom. The fourth-order valence-corrected chi connectivity index (χ4v) is 3.80. The van der Waals surface area contributed by atoms with Crippen LogP contribution in [0.3, 0.4) is 0 Å². The molecule has 0 bridgehead atoms. The van der Waals surface area contributed by atoms with E-state index in [0.717, 1.165) is 42.2 Å². The summed E-state index contributed by atoms with van der Waals surface area (Å²) in [5.74, 6) is 1.72. The smallest absolute Gasteiger partial charge is 0.194 e. The molecule has 1 N–H and O–H groups in total. The maximum atomic E-state index is 4.90. The van der Waals surface area contributed by atoms with Crippen LogP contribution in [-0.4, -0.2) is 60.5 Å². The van der Waals surface area contributed by atoms with Gasteiger partial charge in [0.05, 0.1) is 17.2 Å². The van der Waals surface area contributed by atoms with E-state index in [1.54, 1.807) is 11.3 Å². The lowest BCUT2D eigenvalue weighted by molar-refractivity contribution is 0.188. The van der Waals surface area contributed by atoms with Gasteiger partial charge in [-0.1, -0.05) is 6.92 Å². The summed E-state index contributed by atoms with van der Waals surface area (Å²) in [4.78, 5) is 14.2. The number of thiazole rings is 1. The first-order valence-corrected chi connectivity index (χ1v) is 10.1. The van der Waals surface area contributed by atoms with Crippen LogP contribution < -0.4 is 5.32 Å². The SMILES string of the molecule is CCCN1CCC(CN=C(NCC)N(C)Cc2csc(C)n2)CC1. The Kier molecular flexibility index (Phi) is 7.99. The number of hydrogen-bond acceptors (Lipinski definition) is 4. The van der Waals surface area contributed by atoms with Gasteiger partial charge in [0, 0.05) is 25.5 Å². The Balaban J connectivity index is 1.86. The molecule has 1 aliphatic rings. The molecule has 0 spiro atoms. The zero-order valence-electron chi connectivity index (χ0n) is 15.7.